The van der Waals surface area contributed by atoms with Gasteiger partial charge in [0.2, 0.25) is 5.91 Å². The first kappa shape index (κ1) is 18.9. The SMILES string of the molecule is COc1ccc([C@H](CN=[N+]=[N-])CC(=O)N(C)C)cc1OC1CCCC1. The summed E-state index contributed by atoms with van der Waals surface area (Å²) in [5, 5.41) is 3.67. The van der Waals surface area contributed by atoms with E-state index in [2.05, 4.69) is 10.0 Å². The maximum atomic E-state index is 12.1. The van der Waals surface area contributed by atoms with Crippen molar-refractivity contribution in [3.05, 3.63) is 34.2 Å². The third-order valence-corrected chi connectivity index (χ3v) is 4.54. The van der Waals surface area contributed by atoms with Gasteiger partial charge in [-0.05, 0) is 54.8 Å². The highest BCUT2D eigenvalue weighted by molar-refractivity contribution is 5.76. The Morgan fingerprint density at radius 1 is 1.36 bits per heavy atom. The average Bonchev–Trinajstić information content (AvgIpc) is 3.11. The number of benzene rings is 1. The van der Waals surface area contributed by atoms with Crippen LogP contribution in [0.25, 0.3) is 10.4 Å². The van der Waals surface area contributed by atoms with Gasteiger partial charge in [0.05, 0.1) is 13.2 Å². The Bertz CT molecular complexity index is 635. The molecule has 1 atom stereocenters. The molecule has 1 aromatic carbocycles. The highest BCUT2D eigenvalue weighted by Gasteiger charge is 2.21. The fourth-order valence-corrected chi connectivity index (χ4v) is 3.04. The number of methoxy groups -OCH3 is 1. The van der Waals surface area contributed by atoms with E-state index in [4.69, 9.17) is 15.0 Å². The Balaban J connectivity index is 2.25. The average molecular weight is 346 g/mol. The van der Waals surface area contributed by atoms with Crippen molar-refractivity contribution >= 4 is 5.91 Å². The number of hydrogen-bond acceptors (Lipinski definition) is 4. The summed E-state index contributed by atoms with van der Waals surface area (Å²) in [6.07, 6.45) is 4.96. The first-order valence-corrected chi connectivity index (χ1v) is 8.60. The molecule has 0 spiro atoms. The van der Waals surface area contributed by atoms with Crippen molar-refractivity contribution in [3.8, 4) is 11.5 Å². The van der Waals surface area contributed by atoms with Crippen LogP contribution < -0.4 is 9.47 Å². The van der Waals surface area contributed by atoms with Gasteiger partial charge in [-0.25, -0.2) is 0 Å². The first-order valence-electron chi connectivity index (χ1n) is 8.60. The standard InChI is InChI=1S/C18H26N4O3/c1-22(2)18(23)11-14(12-20-21-19)13-8-9-16(24-3)17(10-13)25-15-6-4-5-7-15/h8-10,14-15H,4-7,11-12H2,1-3H3/t14-/m0/s1. The first-order chi connectivity index (χ1) is 12.0. The molecular formula is C18H26N4O3. The van der Waals surface area contributed by atoms with Gasteiger partial charge in [-0.2, -0.15) is 0 Å². The van der Waals surface area contributed by atoms with Crippen molar-refractivity contribution in [3.63, 3.8) is 0 Å². The van der Waals surface area contributed by atoms with Gasteiger partial charge in [-0.1, -0.05) is 11.2 Å². The number of azide groups is 1. The minimum atomic E-state index is -0.192. The molecule has 0 N–H and O–H groups in total. The Morgan fingerprint density at radius 2 is 2.08 bits per heavy atom. The molecule has 0 unspecified atom stereocenters. The third-order valence-electron chi connectivity index (χ3n) is 4.54. The summed E-state index contributed by atoms with van der Waals surface area (Å²) in [6.45, 7) is 0.227. The van der Waals surface area contributed by atoms with E-state index in [-0.39, 0.29) is 30.9 Å². The normalized spacial score (nSPS) is 15.3. The predicted molar refractivity (Wildman–Crippen MR) is 95.9 cm³/mol. The lowest BCUT2D eigenvalue weighted by Crippen LogP contribution is -2.24. The van der Waals surface area contributed by atoms with E-state index in [1.165, 1.54) is 12.8 Å². The van der Waals surface area contributed by atoms with E-state index in [1.807, 2.05) is 18.2 Å². The molecule has 0 aliphatic heterocycles. The van der Waals surface area contributed by atoms with Crippen molar-refractivity contribution in [1.29, 1.82) is 0 Å². The van der Waals surface area contributed by atoms with Crippen molar-refractivity contribution in [2.24, 2.45) is 5.11 Å². The van der Waals surface area contributed by atoms with Crippen molar-refractivity contribution in [2.75, 3.05) is 27.7 Å². The van der Waals surface area contributed by atoms with E-state index >= 15 is 0 Å². The van der Waals surface area contributed by atoms with E-state index in [0.717, 1.165) is 18.4 Å². The Hall–Kier alpha value is -2.40. The van der Waals surface area contributed by atoms with Gasteiger partial charge in [-0.15, -0.1) is 0 Å². The summed E-state index contributed by atoms with van der Waals surface area (Å²) >= 11 is 0. The van der Waals surface area contributed by atoms with Gasteiger partial charge < -0.3 is 14.4 Å². The number of carbonyl (C=O) groups excluding carboxylic acids is 1. The summed E-state index contributed by atoms with van der Waals surface area (Å²) in [7, 11) is 5.05. The van der Waals surface area contributed by atoms with Crippen LogP contribution >= 0.6 is 0 Å². The van der Waals surface area contributed by atoms with Gasteiger partial charge >= 0.3 is 0 Å². The van der Waals surface area contributed by atoms with Crippen molar-refractivity contribution in [2.45, 2.75) is 44.1 Å². The van der Waals surface area contributed by atoms with Gasteiger partial charge in [-0.3, -0.25) is 4.79 Å². The van der Waals surface area contributed by atoms with Gasteiger partial charge in [0.15, 0.2) is 11.5 Å². The van der Waals surface area contributed by atoms with Crippen LogP contribution in [0.15, 0.2) is 23.3 Å². The maximum Gasteiger partial charge on any atom is 0.222 e. The topological polar surface area (TPSA) is 87.5 Å². The summed E-state index contributed by atoms with van der Waals surface area (Å²) in [6, 6.07) is 5.67. The summed E-state index contributed by atoms with van der Waals surface area (Å²) < 4.78 is 11.5. The van der Waals surface area contributed by atoms with E-state index in [1.54, 1.807) is 26.1 Å². The van der Waals surface area contributed by atoms with Gasteiger partial charge in [0, 0.05) is 32.0 Å². The van der Waals surface area contributed by atoms with E-state index in [0.29, 0.717) is 11.5 Å². The molecule has 0 heterocycles. The lowest BCUT2D eigenvalue weighted by Gasteiger charge is -2.21. The van der Waals surface area contributed by atoms with Crippen LogP contribution in [0, 0.1) is 0 Å². The molecule has 1 aromatic rings. The van der Waals surface area contributed by atoms with E-state index in [9.17, 15) is 4.79 Å². The number of rotatable bonds is 8. The van der Waals surface area contributed by atoms with Crippen LogP contribution in [0.3, 0.4) is 0 Å². The minimum Gasteiger partial charge on any atom is -0.493 e. The van der Waals surface area contributed by atoms with Gasteiger partial charge in [0.1, 0.15) is 0 Å². The minimum absolute atomic E-state index is 0.00720. The molecule has 1 amide bonds. The highest BCUT2D eigenvalue weighted by atomic mass is 16.5. The summed E-state index contributed by atoms with van der Waals surface area (Å²) in [5.41, 5.74) is 9.56. The Labute approximate surface area is 148 Å². The molecule has 136 valence electrons. The molecule has 0 aromatic heterocycles. The molecule has 7 nitrogen and oxygen atoms in total. The zero-order valence-electron chi connectivity index (χ0n) is 15.1. The summed E-state index contributed by atoms with van der Waals surface area (Å²) in [4.78, 5) is 16.5. The smallest absolute Gasteiger partial charge is 0.222 e. The molecular weight excluding hydrogens is 320 g/mol. The molecule has 1 fully saturated rings. The number of nitrogens with zero attached hydrogens (tertiary/aromatic N) is 4. The zero-order valence-corrected chi connectivity index (χ0v) is 15.1. The maximum absolute atomic E-state index is 12.1. The second-order valence-electron chi connectivity index (χ2n) is 6.54. The molecule has 0 bridgehead atoms. The fraction of sp³-hybridized carbons (Fsp3) is 0.611. The molecule has 1 saturated carbocycles. The third kappa shape index (κ3) is 5.29. The highest BCUT2D eigenvalue weighted by Crippen LogP contribution is 2.35. The number of carbonyl (C=O) groups is 1. The second-order valence-corrected chi connectivity index (χ2v) is 6.54. The quantitative estimate of drug-likeness (QED) is 0.406. The largest absolute Gasteiger partial charge is 0.493 e. The Morgan fingerprint density at radius 3 is 2.68 bits per heavy atom. The molecule has 0 saturated heterocycles. The van der Waals surface area contributed by atoms with Crippen LogP contribution in [0.1, 0.15) is 43.6 Å². The molecule has 2 rings (SSSR count). The number of ether oxygens (including phenoxy) is 2. The van der Waals surface area contributed by atoms with Crippen molar-refractivity contribution < 1.29 is 14.3 Å². The molecule has 1 aliphatic rings. The van der Waals surface area contributed by atoms with Crippen LogP contribution in [0.5, 0.6) is 11.5 Å². The lowest BCUT2D eigenvalue weighted by atomic mass is 9.94. The van der Waals surface area contributed by atoms with E-state index < -0.39 is 0 Å². The molecule has 7 heteroatoms. The van der Waals surface area contributed by atoms with Crippen LogP contribution in [0.4, 0.5) is 0 Å². The number of hydrogen-bond donors (Lipinski definition) is 0. The Kier molecular flexibility index (Phi) is 6.95. The van der Waals surface area contributed by atoms with Gasteiger partial charge in [0.25, 0.3) is 0 Å². The second kappa shape index (κ2) is 9.18. The number of amides is 1. The predicted octanol–water partition coefficient (Wildman–Crippen LogP) is 3.89. The molecule has 0 radical (unpaired) electrons. The lowest BCUT2D eigenvalue weighted by molar-refractivity contribution is -0.129. The fourth-order valence-electron chi connectivity index (χ4n) is 3.04. The molecule has 25 heavy (non-hydrogen) atoms. The van der Waals surface area contributed by atoms with Crippen LogP contribution in [0.2, 0.25) is 0 Å². The summed E-state index contributed by atoms with van der Waals surface area (Å²) in [5.74, 6) is 1.17. The molecule has 1 aliphatic carbocycles. The van der Waals surface area contributed by atoms with Crippen LogP contribution in [-0.4, -0.2) is 44.7 Å². The van der Waals surface area contributed by atoms with Crippen molar-refractivity contribution in [1.82, 2.24) is 4.90 Å². The monoisotopic (exact) mass is 346 g/mol. The zero-order chi connectivity index (χ0) is 18.2. The van der Waals surface area contributed by atoms with Crippen LogP contribution in [-0.2, 0) is 4.79 Å².